The number of benzene rings is 1. The molecule has 1 saturated carbocycles. The van der Waals surface area contributed by atoms with Crippen molar-refractivity contribution in [2.45, 2.75) is 19.3 Å². The van der Waals surface area contributed by atoms with Gasteiger partial charge in [-0.2, -0.15) is 0 Å². The third-order valence-electron chi connectivity index (χ3n) is 5.58. The minimum atomic E-state index is -0.305. The number of carbonyl (C=O) groups excluding carboxylic acids is 1. The molecule has 3 atom stereocenters. The molecule has 1 aliphatic carbocycles. The number of hydrogen-bond donors (Lipinski definition) is 0. The third-order valence-corrected chi connectivity index (χ3v) is 5.58. The van der Waals surface area contributed by atoms with Gasteiger partial charge in [0, 0.05) is 30.5 Å². The van der Waals surface area contributed by atoms with Crippen molar-refractivity contribution in [1.82, 2.24) is 9.88 Å². The quantitative estimate of drug-likeness (QED) is 0.865. The Morgan fingerprint density at radius 3 is 2.71 bits per heavy atom. The molecule has 124 valence electrons. The number of pyridine rings is 1. The second kappa shape index (κ2) is 6.34. The van der Waals surface area contributed by atoms with Gasteiger partial charge >= 0.3 is 0 Å². The van der Waals surface area contributed by atoms with Crippen LogP contribution in [0.2, 0.25) is 0 Å². The molecule has 1 aliphatic heterocycles. The lowest BCUT2D eigenvalue weighted by Gasteiger charge is -2.20. The smallest absolute Gasteiger partial charge is 0.253 e. The Labute approximate surface area is 141 Å². The summed E-state index contributed by atoms with van der Waals surface area (Å²) in [6, 6.07) is 11.9. The van der Waals surface area contributed by atoms with E-state index in [4.69, 9.17) is 0 Å². The van der Waals surface area contributed by atoms with E-state index in [1.54, 1.807) is 12.1 Å². The number of aromatic nitrogens is 1. The van der Waals surface area contributed by atoms with Crippen LogP contribution in [0.1, 0.15) is 28.9 Å². The van der Waals surface area contributed by atoms with Gasteiger partial charge in [0.2, 0.25) is 0 Å². The molecular formula is C20H21FN2O. The maximum Gasteiger partial charge on any atom is 0.253 e. The summed E-state index contributed by atoms with van der Waals surface area (Å²) in [5.41, 5.74) is 1.73. The van der Waals surface area contributed by atoms with Gasteiger partial charge in [-0.05, 0) is 73.4 Å². The summed E-state index contributed by atoms with van der Waals surface area (Å²) in [4.78, 5) is 19.0. The number of hydrogen-bond acceptors (Lipinski definition) is 2. The van der Waals surface area contributed by atoms with Crippen molar-refractivity contribution < 1.29 is 9.18 Å². The maximum absolute atomic E-state index is 13.0. The van der Waals surface area contributed by atoms with Crippen molar-refractivity contribution in [2.24, 2.45) is 17.8 Å². The topological polar surface area (TPSA) is 33.2 Å². The first-order valence-electron chi connectivity index (χ1n) is 8.65. The van der Waals surface area contributed by atoms with Crippen molar-refractivity contribution in [2.75, 3.05) is 13.1 Å². The predicted octanol–water partition coefficient (Wildman–Crippen LogP) is 3.56. The van der Waals surface area contributed by atoms with E-state index >= 15 is 0 Å². The van der Waals surface area contributed by atoms with E-state index in [1.807, 2.05) is 23.2 Å². The number of halogens is 1. The summed E-state index contributed by atoms with van der Waals surface area (Å²) in [5, 5.41) is 0. The fourth-order valence-corrected chi connectivity index (χ4v) is 4.36. The zero-order valence-corrected chi connectivity index (χ0v) is 13.6. The van der Waals surface area contributed by atoms with E-state index in [0.29, 0.717) is 23.3 Å². The summed E-state index contributed by atoms with van der Waals surface area (Å²) in [7, 11) is 0. The number of amides is 1. The predicted molar refractivity (Wildman–Crippen MR) is 89.9 cm³/mol. The molecule has 4 heteroatoms. The lowest BCUT2D eigenvalue weighted by Crippen LogP contribution is -2.30. The van der Waals surface area contributed by atoms with Crippen molar-refractivity contribution in [3.8, 4) is 0 Å². The van der Waals surface area contributed by atoms with Crippen molar-refractivity contribution in [3.63, 3.8) is 0 Å². The fraction of sp³-hybridized carbons (Fsp3) is 0.400. The lowest BCUT2D eigenvalue weighted by atomic mass is 9.89. The molecule has 0 unspecified atom stereocenters. The first-order chi connectivity index (χ1) is 11.7. The number of nitrogens with zero attached hydrogens (tertiary/aromatic N) is 2. The van der Waals surface area contributed by atoms with Crippen LogP contribution in [-0.4, -0.2) is 28.9 Å². The molecule has 2 aromatic rings. The van der Waals surface area contributed by atoms with Gasteiger partial charge in [-0.15, -0.1) is 0 Å². The van der Waals surface area contributed by atoms with Crippen LogP contribution in [0.4, 0.5) is 4.39 Å². The first-order valence-corrected chi connectivity index (χ1v) is 8.65. The van der Waals surface area contributed by atoms with Gasteiger partial charge in [0.1, 0.15) is 5.82 Å². The molecule has 1 saturated heterocycles. The number of likely N-dealkylation sites (tertiary alicyclic amines) is 1. The van der Waals surface area contributed by atoms with Gasteiger partial charge in [-0.1, -0.05) is 6.07 Å². The van der Waals surface area contributed by atoms with E-state index in [2.05, 4.69) is 11.1 Å². The molecule has 4 rings (SSSR count). The Morgan fingerprint density at radius 1 is 1.12 bits per heavy atom. The molecule has 1 aromatic heterocycles. The van der Waals surface area contributed by atoms with E-state index in [1.165, 1.54) is 25.0 Å². The second-order valence-corrected chi connectivity index (χ2v) is 7.00. The van der Waals surface area contributed by atoms with Gasteiger partial charge in [0.15, 0.2) is 0 Å². The van der Waals surface area contributed by atoms with Crippen LogP contribution >= 0.6 is 0 Å². The van der Waals surface area contributed by atoms with Crippen LogP contribution in [0.25, 0.3) is 0 Å². The molecule has 0 spiro atoms. The summed E-state index contributed by atoms with van der Waals surface area (Å²) in [5.74, 6) is 1.50. The molecule has 1 amide bonds. The summed E-state index contributed by atoms with van der Waals surface area (Å²) >= 11 is 0. The summed E-state index contributed by atoms with van der Waals surface area (Å²) < 4.78 is 13.0. The normalized spacial score (nSPS) is 25.7. The zero-order valence-electron chi connectivity index (χ0n) is 13.6. The van der Waals surface area contributed by atoms with E-state index in [-0.39, 0.29) is 11.7 Å². The molecule has 1 aromatic carbocycles. The molecule has 2 aliphatic rings. The Balaban J connectivity index is 1.44. The zero-order chi connectivity index (χ0) is 16.5. The number of rotatable bonds is 3. The molecule has 0 radical (unpaired) electrons. The van der Waals surface area contributed by atoms with Crippen LogP contribution in [0.15, 0.2) is 48.7 Å². The number of fused-ring (bicyclic) bond motifs is 1. The molecule has 2 heterocycles. The second-order valence-electron chi connectivity index (χ2n) is 7.00. The highest BCUT2D eigenvalue weighted by Gasteiger charge is 2.43. The molecular weight excluding hydrogens is 303 g/mol. The highest BCUT2D eigenvalue weighted by molar-refractivity contribution is 5.94. The molecule has 0 N–H and O–H groups in total. The van der Waals surface area contributed by atoms with Gasteiger partial charge in [-0.3, -0.25) is 9.78 Å². The average Bonchev–Trinajstić information content (AvgIpc) is 3.18. The highest BCUT2D eigenvalue weighted by Crippen LogP contribution is 2.43. The molecule has 2 fully saturated rings. The van der Waals surface area contributed by atoms with E-state index in [0.717, 1.165) is 25.2 Å². The Bertz CT molecular complexity index is 716. The molecule has 3 nitrogen and oxygen atoms in total. The Morgan fingerprint density at radius 2 is 1.96 bits per heavy atom. The van der Waals surface area contributed by atoms with Gasteiger partial charge in [0.25, 0.3) is 5.91 Å². The van der Waals surface area contributed by atoms with Crippen LogP contribution < -0.4 is 0 Å². The van der Waals surface area contributed by atoms with E-state index < -0.39 is 0 Å². The Hall–Kier alpha value is -2.23. The van der Waals surface area contributed by atoms with Gasteiger partial charge in [-0.25, -0.2) is 4.39 Å². The molecule has 24 heavy (non-hydrogen) atoms. The van der Waals surface area contributed by atoms with E-state index in [9.17, 15) is 9.18 Å². The van der Waals surface area contributed by atoms with Crippen molar-refractivity contribution in [1.29, 1.82) is 0 Å². The summed E-state index contributed by atoms with van der Waals surface area (Å²) in [6.07, 6.45) is 5.27. The monoisotopic (exact) mass is 324 g/mol. The standard InChI is InChI=1S/C20H21FN2O/c21-17-8-6-14(7-9-17)20(24)23-12-16-5-4-15(19(16)13-23)11-18-3-1-2-10-22-18/h1-3,6-10,15-16,19H,4-5,11-13H2/t15-,16-,19-/m1/s1. The van der Waals surface area contributed by atoms with Gasteiger partial charge < -0.3 is 4.90 Å². The highest BCUT2D eigenvalue weighted by atomic mass is 19.1. The third kappa shape index (κ3) is 2.93. The SMILES string of the molecule is O=C(c1ccc(F)cc1)N1C[C@H]2CC[C@H](Cc3ccccn3)[C@H]2C1. The van der Waals surface area contributed by atoms with Crippen LogP contribution in [0.3, 0.4) is 0 Å². The van der Waals surface area contributed by atoms with Gasteiger partial charge in [0.05, 0.1) is 0 Å². The Kier molecular flexibility index (Phi) is 4.05. The number of carbonyl (C=O) groups is 1. The molecule has 0 bridgehead atoms. The maximum atomic E-state index is 13.0. The van der Waals surface area contributed by atoms with Crippen LogP contribution in [0.5, 0.6) is 0 Å². The first kappa shape index (κ1) is 15.3. The van der Waals surface area contributed by atoms with Crippen molar-refractivity contribution in [3.05, 3.63) is 65.7 Å². The van der Waals surface area contributed by atoms with Crippen LogP contribution in [0, 0.1) is 23.6 Å². The largest absolute Gasteiger partial charge is 0.338 e. The minimum absolute atomic E-state index is 0.0287. The lowest BCUT2D eigenvalue weighted by molar-refractivity contribution is 0.0776. The summed E-state index contributed by atoms with van der Waals surface area (Å²) in [6.45, 7) is 1.65. The minimum Gasteiger partial charge on any atom is -0.338 e. The van der Waals surface area contributed by atoms with Crippen molar-refractivity contribution >= 4 is 5.91 Å². The fourth-order valence-electron chi connectivity index (χ4n) is 4.36. The average molecular weight is 324 g/mol. The van der Waals surface area contributed by atoms with Crippen LogP contribution in [-0.2, 0) is 6.42 Å².